The van der Waals surface area contributed by atoms with Crippen LogP contribution >= 0.6 is 0 Å². The molecule has 4 aromatic rings. The Kier molecular flexibility index (Phi) is 17.4. The molecule has 9 atom stereocenters. The average Bonchev–Trinajstić information content (AvgIpc) is 3.81. The number of halogens is 1. The van der Waals surface area contributed by atoms with Gasteiger partial charge in [-0.15, -0.1) is 0 Å². The van der Waals surface area contributed by atoms with E-state index in [0.717, 1.165) is 68.1 Å². The molecular formula is C59H76FN3O9. The number of alkyl halides is 1. The average molecular weight is 990 g/mol. The number of nitrogens with zero attached hydrogens (tertiary/aromatic N) is 3. The van der Waals surface area contributed by atoms with Crippen molar-refractivity contribution in [3.63, 3.8) is 0 Å². The quantitative estimate of drug-likeness (QED) is 0.0852. The van der Waals surface area contributed by atoms with Crippen molar-refractivity contribution in [1.82, 2.24) is 14.7 Å². The Morgan fingerprint density at radius 1 is 0.472 bits per heavy atom. The fourth-order valence-electron chi connectivity index (χ4n) is 12.4. The Balaban J connectivity index is 0.000000146. The third-order valence-corrected chi connectivity index (χ3v) is 17.3. The SMILES string of the molecule is CN1C2CCC1CC(OC(=O)C(C)(CO)c1ccccc1)C2.CN1C2CCC1CC(OC(=O)C(CO)(Cc1ccccc1)c1ccccc1)C2.CN1C2CCC1CC(OC(=O)C(F)(CO)c1ccccc1)C2. The molecule has 9 unspecified atom stereocenters. The highest BCUT2D eigenvalue weighted by Crippen LogP contribution is 2.40. The van der Waals surface area contributed by atoms with Gasteiger partial charge in [-0.3, -0.25) is 9.59 Å². The topological polar surface area (TPSA) is 149 Å². The first-order valence-electron chi connectivity index (χ1n) is 26.2. The van der Waals surface area contributed by atoms with Crippen molar-refractivity contribution >= 4 is 17.9 Å². The normalized spacial score (nSPS) is 29.1. The van der Waals surface area contributed by atoms with Gasteiger partial charge in [-0.2, -0.15) is 0 Å². The first-order chi connectivity index (χ1) is 34.7. The smallest absolute Gasteiger partial charge is 0.351 e. The number of hydrogen-bond acceptors (Lipinski definition) is 12. The van der Waals surface area contributed by atoms with Gasteiger partial charge < -0.3 is 44.2 Å². The van der Waals surface area contributed by atoms with E-state index < -0.39 is 29.1 Å². The second-order valence-corrected chi connectivity index (χ2v) is 21.6. The van der Waals surface area contributed by atoms with Crippen molar-refractivity contribution in [2.75, 3.05) is 41.0 Å². The predicted molar refractivity (Wildman–Crippen MR) is 274 cm³/mol. The van der Waals surface area contributed by atoms with Crippen LogP contribution in [0.1, 0.15) is 106 Å². The summed E-state index contributed by atoms with van der Waals surface area (Å²) in [5.41, 5.74) is -1.78. The van der Waals surface area contributed by atoms with Gasteiger partial charge in [0, 0.05) is 41.8 Å². The van der Waals surface area contributed by atoms with E-state index in [0.29, 0.717) is 42.7 Å². The summed E-state index contributed by atoms with van der Waals surface area (Å²) >= 11 is 0. The summed E-state index contributed by atoms with van der Waals surface area (Å²) < 4.78 is 32.3. The number of fused-ring (bicyclic) bond motifs is 6. The van der Waals surface area contributed by atoms with Crippen LogP contribution in [0.15, 0.2) is 121 Å². The fourth-order valence-corrected chi connectivity index (χ4v) is 12.4. The van der Waals surface area contributed by atoms with E-state index in [1.165, 1.54) is 37.8 Å². The van der Waals surface area contributed by atoms with Crippen LogP contribution in [0.3, 0.4) is 0 Å². The van der Waals surface area contributed by atoms with Gasteiger partial charge in [-0.05, 0) is 128 Å². The summed E-state index contributed by atoms with van der Waals surface area (Å²) in [6.45, 7) is 0.336. The number of aliphatic hydroxyl groups excluding tert-OH is 3. The summed E-state index contributed by atoms with van der Waals surface area (Å²) in [5, 5.41) is 29.6. The molecule has 6 aliphatic rings. The van der Waals surface area contributed by atoms with E-state index in [9.17, 15) is 34.1 Å². The van der Waals surface area contributed by atoms with Crippen molar-refractivity contribution in [3.05, 3.63) is 144 Å². The minimum atomic E-state index is -2.48. The minimum Gasteiger partial charge on any atom is -0.462 e. The van der Waals surface area contributed by atoms with E-state index in [1.807, 2.05) is 91.0 Å². The van der Waals surface area contributed by atoms with E-state index in [-0.39, 0.29) is 49.0 Å². The largest absolute Gasteiger partial charge is 0.462 e. The lowest BCUT2D eigenvalue weighted by Gasteiger charge is -2.38. The Labute approximate surface area is 425 Å². The zero-order valence-electron chi connectivity index (χ0n) is 42.6. The number of hydrogen-bond donors (Lipinski definition) is 3. The number of esters is 3. The maximum Gasteiger partial charge on any atom is 0.351 e. The van der Waals surface area contributed by atoms with Gasteiger partial charge in [0.2, 0.25) is 0 Å². The summed E-state index contributed by atoms with van der Waals surface area (Å²) in [6.07, 6.45) is 12.2. The molecule has 0 radical (unpaired) electrons. The number of benzene rings is 4. The molecule has 6 fully saturated rings. The molecule has 13 heteroatoms. The van der Waals surface area contributed by atoms with Crippen LogP contribution in [0.5, 0.6) is 0 Å². The summed E-state index contributed by atoms with van der Waals surface area (Å²) in [5.74, 6) is -1.59. The molecule has 0 amide bonds. The number of ether oxygens (including phenoxy) is 3. The molecule has 3 N–H and O–H groups in total. The molecule has 388 valence electrons. The molecule has 0 aromatic heterocycles. The van der Waals surface area contributed by atoms with Crippen LogP contribution in [-0.2, 0) is 51.5 Å². The second-order valence-electron chi connectivity index (χ2n) is 21.6. The maximum absolute atomic E-state index is 15.0. The summed E-state index contributed by atoms with van der Waals surface area (Å²) in [4.78, 5) is 45.7. The Bertz CT molecular complexity index is 2250. The summed E-state index contributed by atoms with van der Waals surface area (Å²) in [6, 6.07) is 39.8. The van der Waals surface area contributed by atoms with Crippen molar-refractivity contribution in [2.45, 2.75) is 161 Å². The van der Waals surface area contributed by atoms with Crippen LogP contribution in [0.4, 0.5) is 4.39 Å². The van der Waals surface area contributed by atoms with Crippen LogP contribution in [0, 0.1) is 0 Å². The molecule has 10 rings (SSSR count). The van der Waals surface area contributed by atoms with Crippen LogP contribution < -0.4 is 0 Å². The Morgan fingerprint density at radius 2 is 0.806 bits per heavy atom. The van der Waals surface area contributed by atoms with Crippen LogP contribution in [-0.4, -0.2) is 143 Å². The zero-order valence-corrected chi connectivity index (χ0v) is 42.6. The van der Waals surface area contributed by atoms with Gasteiger partial charge in [-0.25, -0.2) is 9.18 Å². The first-order valence-corrected chi connectivity index (χ1v) is 26.2. The maximum atomic E-state index is 15.0. The van der Waals surface area contributed by atoms with Crippen LogP contribution in [0.25, 0.3) is 0 Å². The molecule has 0 saturated carbocycles. The fraction of sp³-hybridized carbons (Fsp3) is 0.542. The number of rotatable bonds is 14. The van der Waals surface area contributed by atoms with Gasteiger partial charge in [-0.1, -0.05) is 121 Å². The van der Waals surface area contributed by atoms with Crippen molar-refractivity contribution in [3.8, 4) is 0 Å². The monoisotopic (exact) mass is 990 g/mol. The molecule has 6 heterocycles. The third kappa shape index (κ3) is 11.5. The lowest BCUT2D eigenvalue weighted by atomic mass is 9.76. The van der Waals surface area contributed by atoms with Gasteiger partial charge in [0.25, 0.3) is 5.67 Å². The molecule has 6 bridgehead atoms. The van der Waals surface area contributed by atoms with Gasteiger partial charge in [0.1, 0.15) is 29.1 Å². The standard InChI is InChI=1S/C24H29NO3.C18H25NO3.C17H22FNO3/c1-25-20-12-13-21(25)15-22(14-20)28-23(27)24(17-26,19-10-6-3-7-11-19)16-18-8-4-2-5-9-18;1-18(12-20,13-6-4-3-5-7-13)17(21)22-16-10-14-8-9-15(11-16)19(14)2;1-19-13-7-8-14(19)10-15(9-13)22-16(21)17(18,11-20)12-5-3-2-4-6-12/h2-11,20-22,26H,12-17H2,1H3;3-7,14-16,20H,8-12H2,1-2H3;2-6,13-15,20H,7-11H2,1H3. The predicted octanol–water partition coefficient (Wildman–Crippen LogP) is 7.44. The van der Waals surface area contributed by atoms with Crippen LogP contribution in [0.2, 0.25) is 0 Å². The molecule has 12 nitrogen and oxygen atoms in total. The van der Waals surface area contributed by atoms with E-state index in [2.05, 4.69) is 35.8 Å². The molecule has 4 aromatic carbocycles. The van der Waals surface area contributed by atoms with Gasteiger partial charge >= 0.3 is 17.9 Å². The molecule has 72 heavy (non-hydrogen) atoms. The molecular weight excluding hydrogens is 914 g/mol. The van der Waals surface area contributed by atoms with Gasteiger partial charge in [0.15, 0.2) is 0 Å². The first kappa shape index (κ1) is 53.3. The lowest BCUT2D eigenvalue weighted by molar-refractivity contribution is -0.170. The highest BCUT2D eigenvalue weighted by molar-refractivity contribution is 5.84. The zero-order chi connectivity index (χ0) is 51.0. The highest BCUT2D eigenvalue weighted by atomic mass is 19.1. The number of aliphatic hydroxyl groups is 3. The van der Waals surface area contributed by atoms with E-state index in [4.69, 9.17) is 14.2 Å². The minimum absolute atomic E-state index is 0.0178. The number of carbonyl (C=O) groups is 3. The second kappa shape index (κ2) is 23.5. The van der Waals surface area contributed by atoms with E-state index in [1.54, 1.807) is 25.1 Å². The van der Waals surface area contributed by atoms with Crippen molar-refractivity contribution in [2.24, 2.45) is 0 Å². The molecule has 0 aliphatic carbocycles. The third-order valence-electron chi connectivity index (χ3n) is 17.3. The van der Waals surface area contributed by atoms with E-state index >= 15 is 0 Å². The van der Waals surface area contributed by atoms with Crippen molar-refractivity contribution in [1.29, 1.82) is 0 Å². The molecule has 0 spiro atoms. The Morgan fingerprint density at radius 3 is 1.17 bits per heavy atom. The Hall–Kier alpha value is -5.02. The molecule has 6 saturated heterocycles. The number of piperidine rings is 3. The summed E-state index contributed by atoms with van der Waals surface area (Å²) in [7, 11) is 6.44. The number of carbonyl (C=O) groups excluding carboxylic acids is 3. The highest BCUT2D eigenvalue weighted by Gasteiger charge is 2.48. The lowest BCUT2D eigenvalue weighted by Crippen LogP contribution is -2.48. The van der Waals surface area contributed by atoms with Gasteiger partial charge in [0.05, 0.1) is 19.8 Å². The van der Waals surface area contributed by atoms with Crippen molar-refractivity contribution < 1.29 is 48.3 Å². The molecule has 6 aliphatic heterocycles.